The first-order valence-corrected chi connectivity index (χ1v) is 10.0. The molecule has 0 amide bonds. The summed E-state index contributed by atoms with van der Waals surface area (Å²) in [7, 11) is -1.04. The van der Waals surface area contributed by atoms with Crippen LogP contribution in [0.15, 0.2) is 23.8 Å². The van der Waals surface area contributed by atoms with Gasteiger partial charge in [-0.25, -0.2) is 0 Å². The van der Waals surface area contributed by atoms with Crippen molar-refractivity contribution >= 4 is 8.07 Å². The molecule has 0 aromatic carbocycles. The molecule has 16 heavy (non-hydrogen) atoms. The van der Waals surface area contributed by atoms with Crippen molar-refractivity contribution in [2.24, 2.45) is 5.92 Å². The Balaban J connectivity index is 2.28. The topological polar surface area (TPSA) is 9.23 Å². The lowest BCUT2D eigenvalue weighted by molar-refractivity contribution is 0.193. The van der Waals surface area contributed by atoms with Gasteiger partial charge in [0.15, 0.2) is 0 Å². The van der Waals surface area contributed by atoms with Gasteiger partial charge in [0.2, 0.25) is 0 Å². The predicted molar refractivity (Wildman–Crippen MR) is 74.4 cm³/mol. The van der Waals surface area contributed by atoms with Gasteiger partial charge in [-0.15, -0.1) is 0 Å². The Kier molecular flexibility index (Phi) is 5.00. The van der Waals surface area contributed by atoms with E-state index in [2.05, 4.69) is 39.2 Å². The van der Waals surface area contributed by atoms with Crippen molar-refractivity contribution in [1.82, 2.24) is 0 Å². The molecule has 0 aliphatic heterocycles. The molecule has 1 aliphatic carbocycles. The maximum absolute atomic E-state index is 5.80. The molecule has 1 aliphatic rings. The van der Waals surface area contributed by atoms with Crippen LogP contribution in [0.2, 0.25) is 19.6 Å². The molecule has 0 saturated heterocycles. The summed E-state index contributed by atoms with van der Waals surface area (Å²) < 4.78 is 5.80. The van der Waals surface area contributed by atoms with E-state index in [0.717, 1.165) is 12.8 Å². The monoisotopic (exact) mass is 238 g/mol. The van der Waals surface area contributed by atoms with Crippen LogP contribution in [-0.4, -0.2) is 20.9 Å². The number of hydrogen-bond donors (Lipinski definition) is 0. The fourth-order valence-corrected chi connectivity index (χ4v) is 2.67. The van der Waals surface area contributed by atoms with Crippen molar-refractivity contribution in [2.75, 3.05) is 12.8 Å². The molecular formula is C14H26OSi. The van der Waals surface area contributed by atoms with E-state index in [-0.39, 0.29) is 0 Å². The van der Waals surface area contributed by atoms with E-state index in [0.29, 0.717) is 5.92 Å². The molecular weight excluding hydrogens is 212 g/mol. The highest BCUT2D eigenvalue weighted by Crippen LogP contribution is 2.28. The van der Waals surface area contributed by atoms with Gasteiger partial charge in [0.05, 0.1) is 14.7 Å². The average Bonchev–Trinajstić information content (AvgIpc) is 2.16. The van der Waals surface area contributed by atoms with Gasteiger partial charge in [0.25, 0.3) is 0 Å². The van der Waals surface area contributed by atoms with Crippen molar-refractivity contribution in [2.45, 2.75) is 45.8 Å². The maximum atomic E-state index is 5.80. The SMILES string of the molecule is C=C(C)[C@H]1CC=C(COC[Si](C)(C)C)CC1. The number of rotatable bonds is 5. The first-order valence-electron chi connectivity index (χ1n) is 6.29. The number of hydrogen-bond acceptors (Lipinski definition) is 1. The highest BCUT2D eigenvalue weighted by atomic mass is 28.3. The molecule has 0 fully saturated rings. The van der Waals surface area contributed by atoms with E-state index in [4.69, 9.17) is 4.74 Å². The van der Waals surface area contributed by atoms with Crippen LogP contribution in [0.5, 0.6) is 0 Å². The summed E-state index contributed by atoms with van der Waals surface area (Å²) in [5.41, 5.74) is 2.83. The third-order valence-corrected chi connectivity index (χ3v) is 4.09. The quantitative estimate of drug-likeness (QED) is 0.515. The number of ether oxygens (including phenoxy) is 1. The molecule has 0 aromatic heterocycles. The minimum absolute atomic E-state index is 0.709. The van der Waals surface area contributed by atoms with Crippen LogP contribution in [0, 0.1) is 5.92 Å². The third kappa shape index (κ3) is 5.13. The summed E-state index contributed by atoms with van der Waals surface area (Å²) in [6, 6.07) is 0. The number of allylic oxidation sites excluding steroid dienone is 2. The van der Waals surface area contributed by atoms with E-state index < -0.39 is 8.07 Å². The molecule has 2 heteroatoms. The van der Waals surface area contributed by atoms with E-state index in [1.807, 2.05) is 0 Å². The second kappa shape index (κ2) is 5.83. The Morgan fingerprint density at radius 1 is 1.50 bits per heavy atom. The van der Waals surface area contributed by atoms with Crippen molar-refractivity contribution in [1.29, 1.82) is 0 Å². The lowest BCUT2D eigenvalue weighted by Gasteiger charge is -2.23. The van der Waals surface area contributed by atoms with Crippen LogP contribution in [0.4, 0.5) is 0 Å². The van der Waals surface area contributed by atoms with Gasteiger partial charge in [-0.1, -0.05) is 37.9 Å². The van der Waals surface area contributed by atoms with Gasteiger partial charge in [-0.2, -0.15) is 0 Å². The molecule has 0 radical (unpaired) electrons. The predicted octanol–water partition coefficient (Wildman–Crippen LogP) is 4.18. The molecule has 1 nitrogen and oxygen atoms in total. The van der Waals surface area contributed by atoms with Crippen LogP contribution < -0.4 is 0 Å². The first kappa shape index (κ1) is 13.7. The lowest BCUT2D eigenvalue weighted by Crippen LogP contribution is -2.28. The molecule has 0 saturated carbocycles. The van der Waals surface area contributed by atoms with Crippen LogP contribution >= 0.6 is 0 Å². The van der Waals surface area contributed by atoms with Crippen molar-refractivity contribution < 1.29 is 4.74 Å². The van der Waals surface area contributed by atoms with E-state index in [1.54, 1.807) is 0 Å². The molecule has 0 heterocycles. The van der Waals surface area contributed by atoms with E-state index in [9.17, 15) is 0 Å². The Hall–Kier alpha value is -0.343. The summed E-state index contributed by atoms with van der Waals surface area (Å²) >= 11 is 0. The second-order valence-corrected chi connectivity index (χ2v) is 11.6. The normalized spacial score (nSPS) is 21.8. The van der Waals surface area contributed by atoms with Gasteiger partial charge in [-0.3, -0.25) is 0 Å². The highest BCUT2D eigenvalue weighted by Gasteiger charge is 2.16. The largest absolute Gasteiger partial charge is 0.380 e. The van der Waals surface area contributed by atoms with Crippen molar-refractivity contribution in [3.8, 4) is 0 Å². The highest BCUT2D eigenvalue weighted by molar-refractivity contribution is 6.76. The van der Waals surface area contributed by atoms with Crippen molar-refractivity contribution in [3.05, 3.63) is 23.8 Å². The van der Waals surface area contributed by atoms with E-state index >= 15 is 0 Å². The van der Waals surface area contributed by atoms with Gasteiger partial charge in [0.1, 0.15) is 0 Å². The molecule has 0 unspecified atom stereocenters. The smallest absolute Gasteiger partial charge is 0.0746 e. The second-order valence-electron chi connectivity index (χ2n) is 6.23. The summed E-state index contributed by atoms with van der Waals surface area (Å²) in [5, 5.41) is 0. The fraction of sp³-hybridized carbons (Fsp3) is 0.714. The zero-order valence-corrected chi connectivity index (χ0v) is 12.3. The average molecular weight is 238 g/mol. The van der Waals surface area contributed by atoms with Crippen LogP contribution in [0.1, 0.15) is 26.2 Å². The summed E-state index contributed by atoms with van der Waals surface area (Å²) in [6.45, 7) is 14.1. The Bertz CT molecular complexity index is 273. The summed E-state index contributed by atoms with van der Waals surface area (Å²) in [5.74, 6) is 0.709. The van der Waals surface area contributed by atoms with Gasteiger partial charge < -0.3 is 4.74 Å². The molecule has 0 N–H and O–H groups in total. The minimum atomic E-state index is -1.04. The fourth-order valence-electron chi connectivity index (χ4n) is 1.96. The first-order chi connectivity index (χ1) is 7.38. The van der Waals surface area contributed by atoms with E-state index in [1.165, 1.54) is 30.4 Å². The van der Waals surface area contributed by atoms with Gasteiger partial charge in [-0.05, 0) is 37.7 Å². The molecule has 1 atom stereocenters. The lowest BCUT2D eigenvalue weighted by atomic mass is 9.86. The minimum Gasteiger partial charge on any atom is -0.380 e. The molecule has 0 aromatic rings. The Morgan fingerprint density at radius 2 is 2.19 bits per heavy atom. The Morgan fingerprint density at radius 3 is 2.62 bits per heavy atom. The zero-order chi connectivity index (χ0) is 12.2. The molecule has 0 bridgehead atoms. The molecule has 92 valence electrons. The Labute approximate surface area is 102 Å². The van der Waals surface area contributed by atoms with Gasteiger partial charge in [0, 0.05) is 6.23 Å². The maximum Gasteiger partial charge on any atom is 0.0746 e. The van der Waals surface area contributed by atoms with Crippen LogP contribution in [0.25, 0.3) is 0 Å². The molecule has 1 rings (SSSR count). The van der Waals surface area contributed by atoms with Crippen LogP contribution in [-0.2, 0) is 4.74 Å². The van der Waals surface area contributed by atoms with Crippen LogP contribution in [0.3, 0.4) is 0 Å². The summed E-state index contributed by atoms with van der Waals surface area (Å²) in [6.07, 6.45) is 6.98. The van der Waals surface area contributed by atoms with Gasteiger partial charge >= 0.3 is 0 Å². The van der Waals surface area contributed by atoms with Crippen molar-refractivity contribution in [3.63, 3.8) is 0 Å². The zero-order valence-electron chi connectivity index (χ0n) is 11.3. The molecule has 0 spiro atoms. The summed E-state index contributed by atoms with van der Waals surface area (Å²) in [4.78, 5) is 0. The standard InChI is InChI=1S/C14H26OSi/c1-12(2)14-8-6-13(7-9-14)10-15-11-16(3,4)5/h6,14H,1,7-11H2,2-5H3/t14-/m0/s1. The third-order valence-electron chi connectivity index (χ3n) is 3.02.